The quantitative estimate of drug-likeness (QED) is 0.760. The molecule has 0 atom stereocenters. The minimum atomic E-state index is -0.832. The van der Waals surface area contributed by atoms with E-state index < -0.39 is 11.4 Å². The van der Waals surface area contributed by atoms with Gasteiger partial charge >= 0.3 is 5.97 Å². The van der Waals surface area contributed by atoms with Crippen LogP contribution in [0.15, 0.2) is 18.2 Å². The summed E-state index contributed by atoms with van der Waals surface area (Å²) in [5.74, 6) is -0.412. The first-order valence-electron chi connectivity index (χ1n) is 4.36. The van der Waals surface area contributed by atoms with Gasteiger partial charge in [-0.15, -0.1) is 0 Å². The molecule has 1 aromatic rings. The molecule has 3 N–H and O–H groups in total. The van der Waals surface area contributed by atoms with Crippen molar-refractivity contribution in [2.75, 3.05) is 5.73 Å². The summed E-state index contributed by atoms with van der Waals surface area (Å²) in [7, 11) is 0. The second-order valence-electron chi connectivity index (χ2n) is 3.92. The van der Waals surface area contributed by atoms with Crippen LogP contribution >= 0.6 is 0 Å². The van der Waals surface area contributed by atoms with E-state index in [1.165, 1.54) is 0 Å². The van der Waals surface area contributed by atoms with Gasteiger partial charge in [0.05, 0.1) is 5.41 Å². The molecule has 0 spiro atoms. The van der Waals surface area contributed by atoms with Gasteiger partial charge in [0, 0.05) is 12.1 Å². The Hall–Kier alpha value is -1.58. The molecule has 1 heterocycles. The second kappa shape index (κ2) is 3.65. The molecule has 0 amide bonds. The van der Waals surface area contributed by atoms with Crippen molar-refractivity contribution >= 4 is 11.8 Å². The van der Waals surface area contributed by atoms with Crippen LogP contribution in [-0.2, 0) is 11.2 Å². The number of nitrogen functional groups attached to an aromatic ring is 1. The van der Waals surface area contributed by atoms with Crippen molar-refractivity contribution in [2.45, 2.75) is 20.3 Å². The molecule has 1 rings (SSSR count). The Bertz CT molecular complexity index is 348. The molecular weight excluding hydrogens is 180 g/mol. The Morgan fingerprint density at radius 2 is 2.21 bits per heavy atom. The molecule has 76 valence electrons. The lowest BCUT2D eigenvalue weighted by Gasteiger charge is -2.18. The predicted molar refractivity (Wildman–Crippen MR) is 53.8 cm³/mol. The zero-order chi connectivity index (χ0) is 10.8. The molecule has 0 saturated heterocycles. The average molecular weight is 194 g/mol. The number of pyridine rings is 1. The fourth-order valence-corrected chi connectivity index (χ4v) is 1.12. The lowest BCUT2D eigenvalue weighted by Crippen LogP contribution is -2.26. The van der Waals surface area contributed by atoms with E-state index in [1.807, 2.05) is 0 Å². The predicted octanol–water partition coefficient (Wildman–Crippen LogP) is 1.32. The SMILES string of the molecule is CC(C)(Cc1cccc(N)n1)C(=O)O. The third-order valence-electron chi connectivity index (χ3n) is 2.03. The number of nitrogens with two attached hydrogens (primary N) is 1. The molecule has 0 aliphatic heterocycles. The molecule has 0 aromatic carbocycles. The van der Waals surface area contributed by atoms with Crippen molar-refractivity contribution in [2.24, 2.45) is 5.41 Å². The van der Waals surface area contributed by atoms with Crippen molar-refractivity contribution in [3.8, 4) is 0 Å². The van der Waals surface area contributed by atoms with Gasteiger partial charge in [-0.25, -0.2) is 4.98 Å². The molecule has 14 heavy (non-hydrogen) atoms. The highest BCUT2D eigenvalue weighted by Crippen LogP contribution is 2.21. The maximum absolute atomic E-state index is 10.9. The molecule has 0 unspecified atom stereocenters. The van der Waals surface area contributed by atoms with E-state index in [1.54, 1.807) is 32.0 Å². The van der Waals surface area contributed by atoms with E-state index in [0.29, 0.717) is 17.9 Å². The number of carboxylic acid groups (broad SMARTS) is 1. The summed E-state index contributed by atoms with van der Waals surface area (Å²) < 4.78 is 0. The molecule has 0 aliphatic rings. The summed E-state index contributed by atoms with van der Waals surface area (Å²) in [6.07, 6.45) is 0.382. The van der Waals surface area contributed by atoms with Crippen LogP contribution in [0.4, 0.5) is 5.82 Å². The first-order chi connectivity index (χ1) is 6.42. The third kappa shape index (κ3) is 2.45. The van der Waals surface area contributed by atoms with Crippen molar-refractivity contribution in [1.29, 1.82) is 0 Å². The van der Waals surface area contributed by atoms with Crippen LogP contribution in [0.5, 0.6) is 0 Å². The van der Waals surface area contributed by atoms with E-state index in [9.17, 15) is 4.79 Å². The van der Waals surface area contributed by atoms with Gasteiger partial charge in [0.15, 0.2) is 0 Å². The van der Waals surface area contributed by atoms with Crippen molar-refractivity contribution in [3.05, 3.63) is 23.9 Å². The summed E-state index contributed by atoms with van der Waals surface area (Å²) in [5, 5.41) is 8.91. The highest BCUT2D eigenvalue weighted by Gasteiger charge is 2.27. The third-order valence-corrected chi connectivity index (χ3v) is 2.03. The molecule has 0 bridgehead atoms. The Morgan fingerprint density at radius 3 is 2.71 bits per heavy atom. The van der Waals surface area contributed by atoms with Crippen LogP contribution in [-0.4, -0.2) is 16.1 Å². The summed E-state index contributed by atoms with van der Waals surface area (Å²) in [6.45, 7) is 3.33. The lowest BCUT2D eigenvalue weighted by molar-refractivity contribution is -0.146. The molecule has 0 saturated carbocycles. The minimum Gasteiger partial charge on any atom is -0.481 e. The Morgan fingerprint density at radius 1 is 1.57 bits per heavy atom. The average Bonchev–Trinajstić information content (AvgIpc) is 2.02. The van der Waals surface area contributed by atoms with Gasteiger partial charge in [0.2, 0.25) is 0 Å². The number of anilines is 1. The van der Waals surface area contributed by atoms with Crippen molar-refractivity contribution < 1.29 is 9.90 Å². The van der Waals surface area contributed by atoms with Gasteiger partial charge < -0.3 is 10.8 Å². The topological polar surface area (TPSA) is 76.2 Å². The van der Waals surface area contributed by atoms with Crippen LogP contribution in [0.1, 0.15) is 19.5 Å². The maximum atomic E-state index is 10.9. The molecule has 0 fully saturated rings. The van der Waals surface area contributed by atoms with Crippen LogP contribution in [0, 0.1) is 5.41 Å². The van der Waals surface area contributed by atoms with E-state index in [0.717, 1.165) is 0 Å². The fraction of sp³-hybridized carbons (Fsp3) is 0.400. The van der Waals surface area contributed by atoms with Crippen molar-refractivity contribution in [3.63, 3.8) is 0 Å². The number of hydrogen-bond donors (Lipinski definition) is 2. The highest BCUT2D eigenvalue weighted by molar-refractivity contribution is 5.73. The molecule has 1 aromatic heterocycles. The van der Waals surface area contributed by atoms with Gasteiger partial charge in [0.1, 0.15) is 5.82 Å². The summed E-state index contributed by atoms with van der Waals surface area (Å²) in [5.41, 5.74) is 5.40. The summed E-state index contributed by atoms with van der Waals surface area (Å²) >= 11 is 0. The van der Waals surface area contributed by atoms with E-state index in [2.05, 4.69) is 4.98 Å². The first kappa shape index (κ1) is 10.5. The first-order valence-corrected chi connectivity index (χ1v) is 4.36. The normalized spacial score (nSPS) is 11.3. The molecule has 4 nitrogen and oxygen atoms in total. The number of hydrogen-bond acceptors (Lipinski definition) is 3. The summed E-state index contributed by atoms with van der Waals surface area (Å²) in [4.78, 5) is 14.9. The van der Waals surface area contributed by atoms with E-state index in [-0.39, 0.29) is 0 Å². The summed E-state index contributed by atoms with van der Waals surface area (Å²) in [6, 6.07) is 5.23. The Labute approximate surface area is 82.8 Å². The number of nitrogens with zero attached hydrogens (tertiary/aromatic N) is 1. The fourth-order valence-electron chi connectivity index (χ4n) is 1.12. The highest BCUT2D eigenvalue weighted by atomic mass is 16.4. The molecule has 0 aliphatic carbocycles. The molecule has 4 heteroatoms. The maximum Gasteiger partial charge on any atom is 0.309 e. The Balaban J connectivity index is 2.83. The largest absolute Gasteiger partial charge is 0.481 e. The van der Waals surface area contributed by atoms with Gasteiger partial charge in [-0.05, 0) is 26.0 Å². The van der Waals surface area contributed by atoms with Crippen LogP contribution in [0.3, 0.4) is 0 Å². The number of aromatic nitrogens is 1. The monoisotopic (exact) mass is 194 g/mol. The number of carbonyl (C=O) groups is 1. The van der Waals surface area contributed by atoms with Crippen molar-refractivity contribution in [1.82, 2.24) is 4.98 Å². The molecule has 0 radical (unpaired) electrons. The zero-order valence-corrected chi connectivity index (χ0v) is 8.32. The second-order valence-corrected chi connectivity index (χ2v) is 3.92. The molecular formula is C10H14N2O2. The minimum absolute atomic E-state index is 0.382. The van der Waals surface area contributed by atoms with Crippen LogP contribution in [0.2, 0.25) is 0 Å². The number of carboxylic acids is 1. The van der Waals surface area contributed by atoms with Crippen LogP contribution in [0.25, 0.3) is 0 Å². The lowest BCUT2D eigenvalue weighted by atomic mass is 9.88. The van der Waals surface area contributed by atoms with E-state index >= 15 is 0 Å². The van der Waals surface area contributed by atoms with Gasteiger partial charge in [0.25, 0.3) is 0 Å². The van der Waals surface area contributed by atoms with Gasteiger partial charge in [-0.1, -0.05) is 6.07 Å². The van der Waals surface area contributed by atoms with E-state index in [4.69, 9.17) is 10.8 Å². The number of rotatable bonds is 3. The standard InChI is InChI=1S/C10H14N2O2/c1-10(2,9(13)14)6-7-4-3-5-8(11)12-7/h3-5H,6H2,1-2H3,(H2,11,12)(H,13,14). The Kier molecular flexibility index (Phi) is 2.74. The number of aliphatic carboxylic acids is 1. The van der Waals surface area contributed by atoms with Gasteiger partial charge in [-0.3, -0.25) is 4.79 Å². The van der Waals surface area contributed by atoms with Crippen LogP contribution < -0.4 is 5.73 Å². The smallest absolute Gasteiger partial charge is 0.309 e. The zero-order valence-electron chi connectivity index (χ0n) is 8.32. The van der Waals surface area contributed by atoms with Gasteiger partial charge in [-0.2, -0.15) is 0 Å².